The summed E-state index contributed by atoms with van der Waals surface area (Å²) in [5.74, 6) is -0.270. The summed E-state index contributed by atoms with van der Waals surface area (Å²) in [6.07, 6.45) is 1.81. The van der Waals surface area contributed by atoms with E-state index in [1.807, 2.05) is 69.3 Å². The van der Waals surface area contributed by atoms with E-state index < -0.39 is 0 Å². The molecule has 3 aromatic rings. The Morgan fingerprint density at radius 1 is 1.06 bits per heavy atom. The van der Waals surface area contributed by atoms with Gasteiger partial charge in [-0.05, 0) is 79.6 Å². The highest BCUT2D eigenvalue weighted by atomic mass is 79.9. The summed E-state index contributed by atoms with van der Waals surface area (Å²) in [5, 5.41) is 0.450. The van der Waals surface area contributed by atoms with Gasteiger partial charge in [0.2, 0.25) is 0 Å². The standard InChI is InChI=1S/C24H20BrClN2O2S/c1-14-8-9-19(12-21(14)26)28-15(2)10-18(16(28)3)11-22-23(29)27(24(30)31-22)13-17-6-4-5-7-20(17)25/h4-12H,13H2,1-3H3/b22-11-. The summed E-state index contributed by atoms with van der Waals surface area (Å²) < 4.78 is 2.97. The monoisotopic (exact) mass is 514 g/mol. The summed E-state index contributed by atoms with van der Waals surface area (Å²) in [6, 6.07) is 15.6. The van der Waals surface area contributed by atoms with Gasteiger partial charge >= 0.3 is 0 Å². The van der Waals surface area contributed by atoms with Gasteiger partial charge in [0.15, 0.2) is 0 Å². The molecule has 1 saturated heterocycles. The first kappa shape index (κ1) is 21.9. The maximum atomic E-state index is 13.0. The van der Waals surface area contributed by atoms with E-state index in [1.165, 1.54) is 4.90 Å². The highest BCUT2D eigenvalue weighted by Gasteiger charge is 2.35. The lowest BCUT2D eigenvalue weighted by Gasteiger charge is -2.13. The number of hydrogen-bond donors (Lipinski definition) is 0. The molecule has 4 rings (SSSR count). The van der Waals surface area contributed by atoms with Crippen molar-refractivity contribution in [1.82, 2.24) is 9.47 Å². The van der Waals surface area contributed by atoms with Crippen molar-refractivity contribution in [2.75, 3.05) is 0 Å². The van der Waals surface area contributed by atoms with Crippen molar-refractivity contribution in [3.63, 3.8) is 0 Å². The third kappa shape index (κ3) is 4.25. The van der Waals surface area contributed by atoms with Gasteiger partial charge in [0.25, 0.3) is 11.1 Å². The molecule has 1 fully saturated rings. The smallest absolute Gasteiger partial charge is 0.293 e. The van der Waals surface area contributed by atoms with Crippen LogP contribution in [0.1, 0.15) is 28.1 Å². The molecule has 2 heterocycles. The first-order chi connectivity index (χ1) is 14.8. The Morgan fingerprint density at radius 2 is 1.81 bits per heavy atom. The number of carbonyl (C=O) groups is 2. The molecule has 2 aromatic carbocycles. The van der Waals surface area contributed by atoms with E-state index in [9.17, 15) is 9.59 Å². The van der Waals surface area contributed by atoms with Crippen LogP contribution in [-0.4, -0.2) is 20.6 Å². The Kier molecular flexibility index (Phi) is 6.15. The maximum absolute atomic E-state index is 13.0. The first-order valence-corrected chi connectivity index (χ1v) is 11.7. The Hall–Kier alpha value is -2.28. The van der Waals surface area contributed by atoms with Gasteiger partial charge in [-0.3, -0.25) is 14.5 Å². The molecule has 0 N–H and O–H groups in total. The van der Waals surface area contributed by atoms with Crippen LogP contribution in [0.25, 0.3) is 11.8 Å². The molecule has 158 valence electrons. The zero-order chi connectivity index (χ0) is 22.3. The van der Waals surface area contributed by atoms with Crippen LogP contribution >= 0.6 is 39.3 Å². The largest absolute Gasteiger partial charge is 0.318 e. The summed E-state index contributed by atoms with van der Waals surface area (Å²) in [5.41, 5.74) is 5.78. The summed E-state index contributed by atoms with van der Waals surface area (Å²) in [4.78, 5) is 27.2. The molecule has 1 aliphatic rings. The van der Waals surface area contributed by atoms with E-state index in [1.54, 1.807) is 6.08 Å². The summed E-state index contributed by atoms with van der Waals surface area (Å²) >= 11 is 10.8. The zero-order valence-corrected chi connectivity index (χ0v) is 20.4. The van der Waals surface area contributed by atoms with Gasteiger partial charge < -0.3 is 4.57 Å². The number of hydrogen-bond acceptors (Lipinski definition) is 3. The van der Waals surface area contributed by atoms with E-state index in [2.05, 4.69) is 20.5 Å². The minimum Gasteiger partial charge on any atom is -0.318 e. The van der Waals surface area contributed by atoms with Gasteiger partial charge in [-0.25, -0.2) is 0 Å². The molecule has 7 heteroatoms. The fraction of sp³-hybridized carbons (Fsp3) is 0.167. The van der Waals surface area contributed by atoms with Gasteiger partial charge in [0.1, 0.15) is 0 Å². The van der Waals surface area contributed by atoms with E-state index >= 15 is 0 Å². The molecule has 31 heavy (non-hydrogen) atoms. The number of carbonyl (C=O) groups excluding carboxylic acids is 2. The molecule has 0 aliphatic carbocycles. The molecule has 4 nitrogen and oxygen atoms in total. The lowest BCUT2D eigenvalue weighted by Crippen LogP contribution is -2.27. The molecular formula is C24H20BrClN2O2S. The number of benzene rings is 2. The van der Waals surface area contributed by atoms with Crippen molar-refractivity contribution < 1.29 is 9.59 Å². The third-order valence-electron chi connectivity index (χ3n) is 5.33. The number of thioether (sulfide) groups is 1. The molecule has 2 amide bonds. The van der Waals surface area contributed by atoms with Crippen LogP contribution in [0.2, 0.25) is 5.02 Å². The number of aryl methyl sites for hydroxylation is 2. The topological polar surface area (TPSA) is 42.3 Å². The molecule has 0 saturated carbocycles. The molecule has 1 aromatic heterocycles. The second-order valence-corrected chi connectivity index (χ2v) is 9.71. The lowest BCUT2D eigenvalue weighted by atomic mass is 10.2. The Labute approximate surface area is 199 Å². The number of aromatic nitrogens is 1. The minimum absolute atomic E-state index is 0.240. The van der Waals surface area contributed by atoms with Crippen LogP contribution in [0.4, 0.5) is 4.79 Å². The highest BCUT2D eigenvalue weighted by Crippen LogP contribution is 2.35. The van der Waals surface area contributed by atoms with Crippen molar-refractivity contribution in [2.24, 2.45) is 0 Å². The quantitative estimate of drug-likeness (QED) is 0.349. The minimum atomic E-state index is -0.270. The molecule has 0 radical (unpaired) electrons. The molecular weight excluding hydrogens is 496 g/mol. The average molecular weight is 516 g/mol. The van der Waals surface area contributed by atoms with Crippen molar-refractivity contribution in [3.8, 4) is 5.69 Å². The van der Waals surface area contributed by atoms with Gasteiger partial charge in [0.05, 0.1) is 11.4 Å². The Balaban J connectivity index is 1.65. The van der Waals surface area contributed by atoms with Gasteiger partial charge in [-0.15, -0.1) is 0 Å². The summed E-state index contributed by atoms with van der Waals surface area (Å²) in [6.45, 7) is 6.22. The van der Waals surface area contributed by atoms with Crippen molar-refractivity contribution in [1.29, 1.82) is 0 Å². The normalized spacial score (nSPS) is 15.4. The predicted molar refractivity (Wildman–Crippen MR) is 131 cm³/mol. The Morgan fingerprint density at radius 3 is 2.52 bits per heavy atom. The van der Waals surface area contributed by atoms with Crippen molar-refractivity contribution in [2.45, 2.75) is 27.3 Å². The van der Waals surface area contributed by atoms with Crippen LogP contribution in [-0.2, 0) is 11.3 Å². The average Bonchev–Trinajstić information content (AvgIpc) is 3.15. The van der Waals surface area contributed by atoms with Crippen LogP contribution < -0.4 is 0 Å². The van der Waals surface area contributed by atoms with E-state index in [4.69, 9.17) is 11.6 Å². The SMILES string of the molecule is Cc1ccc(-n2c(C)cc(/C=C3\SC(=O)N(Cc4ccccc4Br)C3=O)c2C)cc1Cl. The number of rotatable bonds is 4. The van der Waals surface area contributed by atoms with Crippen LogP contribution in [0.5, 0.6) is 0 Å². The second-order valence-electron chi connectivity index (χ2n) is 7.45. The predicted octanol–water partition coefficient (Wildman–Crippen LogP) is 7.05. The highest BCUT2D eigenvalue weighted by molar-refractivity contribution is 9.10. The lowest BCUT2D eigenvalue weighted by molar-refractivity contribution is -0.123. The zero-order valence-electron chi connectivity index (χ0n) is 17.3. The molecule has 0 bridgehead atoms. The van der Waals surface area contributed by atoms with Crippen LogP contribution in [0.15, 0.2) is 57.9 Å². The fourth-order valence-electron chi connectivity index (χ4n) is 3.63. The molecule has 0 unspecified atom stereocenters. The maximum Gasteiger partial charge on any atom is 0.293 e. The van der Waals surface area contributed by atoms with Crippen LogP contribution in [0, 0.1) is 20.8 Å². The number of halogens is 2. The molecule has 0 spiro atoms. The first-order valence-electron chi connectivity index (χ1n) is 9.70. The Bertz CT molecular complexity index is 1250. The number of nitrogens with zero attached hydrogens (tertiary/aromatic N) is 2. The van der Waals surface area contributed by atoms with E-state index in [-0.39, 0.29) is 17.7 Å². The third-order valence-corrected chi connectivity index (χ3v) is 7.42. The molecule has 0 atom stereocenters. The second kappa shape index (κ2) is 8.69. The van der Waals surface area contributed by atoms with E-state index in [0.717, 1.165) is 50.0 Å². The van der Waals surface area contributed by atoms with Gasteiger partial charge in [0, 0.05) is 26.6 Å². The number of amides is 2. The number of imide groups is 1. The van der Waals surface area contributed by atoms with Crippen molar-refractivity contribution in [3.05, 3.63) is 91.0 Å². The van der Waals surface area contributed by atoms with Crippen molar-refractivity contribution >= 4 is 56.5 Å². The van der Waals surface area contributed by atoms with E-state index in [0.29, 0.717) is 9.93 Å². The van der Waals surface area contributed by atoms with Gasteiger partial charge in [-0.2, -0.15) is 0 Å². The van der Waals surface area contributed by atoms with Crippen LogP contribution in [0.3, 0.4) is 0 Å². The summed E-state index contributed by atoms with van der Waals surface area (Å²) in [7, 11) is 0. The fourth-order valence-corrected chi connectivity index (χ4v) is 5.04. The van der Waals surface area contributed by atoms with Gasteiger partial charge in [-0.1, -0.05) is 51.8 Å². The molecule has 1 aliphatic heterocycles.